The van der Waals surface area contributed by atoms with E-state index in [1.54, 1.807) is 23.2 Å². The van der Waals surface area contributed by atoms with Crippen LogP contribution in [0.15, 0.2) is 24.4 Å². The zero-order chi connectivity index (χ0) is 17.7. The van der Waals surface area contributed by atoms with E-state index >= 15 is 0 Å². The van der Waals surface area contributed by atoms with Gasteiger partial charge in [-0.25, -0.2) is 4.79 Å². The van der Waals surface area contributed by atoms with E-state index in [9.17, 15) is 9.59 Å². The lowest BCUT2D eigenvalue weighted by molar-refractivity contribution is 0.0285. The summed E-state index contributed by atoms with van der Waals surface area (Å²) in [5.41, 5.74) is 0.0206. The molecular formula is C18H27N3O3. The Bertz CT molecular complexity index is 569. The topological polar surface area (TPSA) is 62.7 Å². The Morgan fingerprint density at radius 1 is 1.38 bits per heavy atom. The Labute approximate surface area is 143 Å². The maximum atomic E-state index is 12.2. The number of aromatic nitrogens is 1. The quantitative estimate of drug-likeness (QED) is 0.775. The van der Waals surface area contributed by atoms with E-state index in [2.05, 4.69) is 4.98 Å². The van der Waals surface area contributed by atoms with E-state index < -0.39 is 5.60 Å². The Hall–Kier alpha value is -1.95. The summed E-state index contributed by atoms with van der Waals surface area (Å²) in [6, 6.07) is 5.34. The molecule has 1 aliphatic heterocycles. The van der Waals surface area contributed by atoms with Crippen LogP contribution in [0.1, 0.15) is 37.7 Å². The fourth-order valence-corrected chi connectivity index (χ4v) is 2.83. The minimum Gasteiger partial charge on any atom is -0.444 e. The second kappa shape index (κ2) is 7.75. The van der Waals surface area contributed by atoms with Crippen molar-refractivity contribution in [3.8, 4) is 0 Å². The van der Waals surface area contributed by atoms with Gasteiger partial charge in [-0.3, -0.25) is 14.7 Å². The lowest BCUT2D eigenvalue weighted by Crippen LogP contribution is -2.37. The second-order valence-electron chi connectivity index (χ2n) is 7.42. The molecule has 0 aliphatic carbocycles. The predicted molar refractivity (Wildman–Crippen MR) is 92.0 cm³/mol. The summed E-state index contributed by atoms with van der Waals surface area (Å²) >= 11 is 0. The summed E-state index contributed by atoms with van der Waals surface area (Å²) in [5, 5.41) is 0. The van der Waals surface area contributed by atoms with Crippen molar-refractivity contribution in [3.63, 3.8) is 0 Å². The van der Waals surface area contributed by atoms with Crippen LogP contribution >= 0.6 is 0 Å². The SMILES string of the molecule is CN(CC(=O)c1ccccn1)C[C@H]1CCN(C(=O)OC(C)(C)C)C1. The van der Waals surface area contributed by atoms with E-state index in [-0.39, 0.29) is 11.9 Å². The molecule has 0 spiro atoms. The minimum absolute atomic E-state index is 0.0140. The van der Waals surface area contributed by atoms with Crippen molar-refractivity contribution in [2.24, 2.45) is 5.92 Å². The Morgan fingerprint density at radius 3 is 2.75 bits per heavy atom. The van der Waals surface area contributed by atoms with Gasteiger partial charge < -0.3 is 9.64 Å². The number of hydrogen-bond acceptors (Lipinski definition) is 5. The molecule has 1 fully saturated rings. The number of likely N-dealkylation sites (N-methyl/N-ethyl adjacent to an activating group) is 1. The monoisotopic (exact) mass is 333 g/mol. The van der Waals surface area contributed by atoms with Crippen LogP contribution in [0.4, 0.5) is 4.79 Å². The fourth-order valence-electron chi connectivity index (χ4n) is 2.83. The number of carbonyl (C=O) groups is 2. The normalized spacial score (nSPS) is 18.0. The maximum Gasteiger partial charge on any atom is 0.410 e. The maximum absolute atomic E-state index is 12.2. The van der Waals surface area contributed by atoms with Gasteiger partial charge in [-0.1, -0.05) is 6.07 Å². The van der Waals surface area contributed by atoms with Crippen molar-refractivity contribution in [1.29, 1.82) is 0 Å². The Morgan fingerprint density at radius 2 is 2.12 bits per heavy atom. The first-order valence-electron chi connectivity index (χ1n) is 8.35. The van der Waals surface area contributed by atoms with Gasteiger partial charge in [0, 0.05) is 25.8 Å². The molecule has 0 aromatic carbocycles. The lowest BCUT2D eigenvalue weighted by Gasteiger charge is -2.25. The molecule has 1 atom stereocenters. The lowest BCUT2D eigenvalue weighted by atomic mass is 10.1. The summed E-state index contributed by atoms with van der Waals surface area (Å²) in [5.74, 6) is 0.374. The molecule has 1 saturated heterocycles. The first-order chi connectivity index (χ1) is 11.2. The summed E-state index contributed by atoms with van der Waals surface area (Å²) in [6.45, 7) is 8.11. The zero-order valence-corrected chi connectivity index (χ0v) is 15.0. The van der Waals surface area contributed by atoms with E-state index in [0.29, 0.717) is 31.2 Å². The highest BCUT2D eigenvalue weighted by atomic mass is 16.6. The van der Waals surface area contributed by atoms with Gasteiger partial charge in [-0.15, -0.1) is 0 Å². The number of ether oxygens (including phenoxy) is 1. The van der Waals surface area contributed by atoms with Gasteiger partial charge in [0.2, 0.25) is 0 Å². The van der Waals surface area contributed by atoms with Crippen molar-refractivity contribution in [1.82, 2.24) is 14.8 Å². The number of hydrogen-bond donors (Lipinski definition) is 0. The van der Waals surface area contributed by atoms with E-state index in [1.807, 2.05) is 38.8 Å². The number of nitrogens with zero attached hydrogens (tertiary/aromatic N) is 3. The third-order valence-electron chi connectivity index (χ3n) is 3.87. The first kappa shape index (κ1) is 18.4. The molecule has 24 heavy (non-hydrogen) atoms. The Kier molecular flexibility index (Phi) is 5.94. The fraction of sp³-hybridized carbons (Fsp3) is 0.611. The third kappa shape index (κ3) is 5.60. The number of Topliss-reactive ketones (excluding diaryl/α,β-unsaturated/α-hetero) is 1. The van der Waals surface area contributed by atoms with Crippen LogP contribution in [0.5, 0.6) is 0 Å². The second-order valence-corrected chi connectivity index (χ2v) is 7.42. The van der Waals surface area contributed by atoms with E-state index in [0.717, 1.165) is 13.0 Å². The van der Waals surface area contributed by atoms with Gasteiger partial charge in [0.1, 0.15) is 11.3 Å². The highest BCUT2D eigenvalue weighted by Crippen LogP contribution is 2.20. The Balaban J connectivity index is 1.78. The molecule has 132 valence electrons. The molecule has 1 amide bonds. The zero-order valence-electron chi connectivity index (χ0n) is 15.0. The average molecular weight is 333 g/mol. The van der Waals surface area contributed by atoms with Crippen LogP contribution in [0, 0.1) is 5.92 Å². The smallest absolute Gasteiger partial charge is 0.410 e. The molecule has 0 bridgehead atoms. The molecule has 0 unspecified atom stereocenters. The molecule has 0 saturated carbocycles. The van der Waals surface area contributed by atoms with Gasteiger partial charge in [0.15, 0.2) is 5.78 Å². The molecule has 1 aliphatic rings. The van der Waals surface area contributed by atoms with Crippen molar-refractivity contribution >= 4 is 11.9 Å². The molecule has 2 heterocycles. The van der Waals surface area contributed by atoms with Crippen LogP contribution in [-0.2, 0) is 4.74 Å². The molecule has 1 aromatic heterocycles. The van der Waals surface area contributed by atoms with Crippen LogP contribution in [0.3, 0.4) is 0 Å². The number of likely N-dealkylation sites (tertiary alicyclic amines) is 1. The van der Waals surface area contributed by atoms with Crippen molar-refractivity contribution in [2.45, 2.75) is 32.8 Å². The molecule has 6 heteroatoms. The van der Waals surface area contributed by atoms with Gasteiger partial charge in [-0.05, 0) is 52.3 Å². The van der Waals surface area contributed by atoms with Gasteiger partial charge in [0.25, 0.3) is 0 Å². The van der Waals surface area contributed by atoms with Crippen molar-refractivity contribution in [2.75, 3.05) is 33.2 Å². The predicted octanol–water partition coefficient (Wildman–Crippen LogP) is 2.45. The molecular weight excluding hydrogens is 306 g/mol. The molecule has 6 nitrogen and oxygen atoms in total. The van der Waals surface area contributed by atoms with Gasteiger partial charge in [0.05, 0.1) is 6.54 Å². The summed E-state index contributed by atoms with van der Waals surface area (Å²) in [7, 11) is 1.93. The summed E-state index contributed by atoms with van der Waals surface area (Å²) < 4.78 is 5.41. The van der Waals surface area contributed by atoms with Crippen LogP contribution in [-0.4, -0.2) is 65.5 Å². The van der Waals surface area contributed by atoms with Gasteiger partial charge in [-0.2, -0.15) is 0 Å². The minimum atomic E-state index is -0.471. The summed E-state index contributed by atoms with van der Waals surface area (Å²) in [4.78, 5) is 32.1. The molecule has 1 aromatic rings. The number of carbonyl (C=O) groups excluding carboxylic acids is 2. The largest absolute Gasteiger partial charge is 0.444 e. The van der Waals surface area contributed by atoms with Crippen LogP contribution < -0.4 is 0 Å². The highest BCUT2D eigenvalue weighted by molar-refractivity contribution is 5.95. The summed E-state index contributed by atoms with van der Waals surface area (Å²) in [6.07, 6.45) is 2.31. The molecule has 2 rings (SSSR count). The number of pyridine rings is 1. The average Bonchev–Trinajstić information content (AvgIpc) is 2.95. The van der Waals surface area contributed by atoms with E-state index in [1.165, 1.54) is 0 Å². The molecule has 0 radical (unpaired) electrons. The first-order valence-corrected chi connectivity index (χ1v) is 8.35. The van der Waals surface area contributed by atoms with Crippen molar-refractivity contribution < 1.29 is 14.3 Å². The van der Waals surface area contributed by atoms with Crippen molar-refractivity contribution in [3.05, 3.63) is 30.1 Å². The van der Waals surface area contributed by atoms with E-state index in [4.69, 9.17) is 4.74 Å². The standard InChI is InChI=1S/C18H27N3O3/c1-18(2,3)24-17(23)21-10-8-14(12-21)11-20(4)13-16(22)15-7-5-6-9-19-15/h5-7,9,14H,8,10-13H2,1-4H3/t14-/m1/s1. The number of rotatable bonds is 5. The van der Waals surface area contributed by atoms with Crippen LogP contribution in [0.25, 0.3) is 0 Å². The number of ketones is 1. The number of amides is 1. The van der Waals surface area contributed by atoms with Gasteiger partial charge >= 0.3 is 6.09 Å². The van der Waals surface area contributed by atoms with Crippen LogP contribution in [0.2, 0.25) is 0 Å². The third-order valence-corrected chi connectivity index (χ3v) is 3.87. The molecule has 0 N–H and O–H groups in total. The highest BCUT2D eigenvalue weighted by Gasteiger charge is 2.30.